The molecule has 0 amide bonds. The van der Waals surface area contributed by atoms with Crippen molar-refractivity contribution in [3.8, 4) is 17.2 Å². The molecule has 102 valence electrons. The third kappa shape index (κ3) is 1.96. The van der Waals surface area contributed by atoms with Gasteiger partial charge >= 0.3 is 0 Å². The van der Waals surface area contributed by atoms with Crippen molar-refractivity contribution >= 4 is 23.3 Å². The van der Waals surface area contributed by atoms with Crippen LogP contribution in [0.2, 0.25) is 0 Å². The summed E-state index contributed by atoms with van der Waals surface area (Å²) in [5.41, 5.74) is 2.88. The lowest BCUT2D eigenvalue weighted by Crippen LogP contribution is -1.95. The highest BCUT2D eigenvalue weighted by Gasteiger charge is 2.12. The summed E-state index contributed by atoms with van der Waals surface area (Å²) in [6.07, 6.45) is 0. The van der Waals surface area contributed by atoms with Crippen molar-refractivity contribution in [1.29, 1.82) is 0 Å². The number of fused-ring (bicyclic) bond motifs is 1. The van der Waals surface area contributed by atoms with Gasteiger partial charge in [0.05, 0.1) is 25.3 Å². The normalized spacial score (nSPS) is 10.7. The molecule has 0 aliphatic carbocycles. The van der Waals surface area contributed by atoms with Gasteiger partial charge in [-0.1, -0.05) is 18.2 Å². The van der Waals surface area contributed by atoms with Crippen LogP contribution in [0.15, 0.2) is 42.5 Å². The van der Waals surface area contributed by atoms with Crippen LogP contribution in [0.3, 0.4) is 0 Å². The molecule has 3 rings (SSSR count). The van der Waals surface area contributed by atoms with Gasteiger partial charge in [0.25, 0.3) is 0 Å². The van der Waals surface area contributed by atoms with E-state index in [-0.39, 0.29) is 0 Å². The quantitative estimate of drug-likeness (QED) is 0.746. The Morgan fingerprint density at radius 1 is 1.00 bits per heavy atom. The number of nitrogens with zero attached hydrogens (tertiary/aromatic N) is 1. The standard InChI is InChI=1S/C15H14N2O2S/c1-18-13-8-11-12(9-14(13)19-2)17(15(20)16-11)10-6-4-3-5-7-10/h3-9H,1-2H3,(H,16,20). The minimum atomic E-state index is 0.640. The molecule has 0 aliphatic rings. The molecule has 0 bridgehead atoms. The smallest absolute Gasteiger partial charge is 0.182 e. The van der Waals surface area contributed by atoms with Crippen molar-refractivity contribution in [2.75, 3.05) is 14.2 Å². The van der Waals surface area contributed by atoms with E-state index in [9.17, 15) is 0 Å². The molecular formula is C15H14N2O2S. The predicted octanol–water partition coefficient (Wildman–Crippen LogP) is 3.71. The number of rotatable bonds is 3. The Balaban J connectivity index is 2.33. The number of aromatic nitrogens is 2. The highest BCUT2D eigenvalue weighted by Crippen LogP contribution is 2.32. The number of hydrogen-bond acceptors (Lipinski definition) is 3. The van der Waals surface area contributed by atoms with Gasteiger partial charge in [0.2, 0.25) is 0 Å². The Hall–Kier alpha value is -2.27. The van der Waals surface area contributed by atoms with Crippen LogP contribution in [0.1, 0.15) is 0 Å². The number of methoxy groups -OCH3 is 2. The lowest BCUT2D eigenvalue weighted by molar-refractivity contribution is 0.355. The van der Waals surface area contributed by atoms with E-state index in [1.54, 1.807) is 14.2 Å². The first-order valence-corrected chi connectivity index (χ1v) is 6.57. The molecule has 0 unspecified atom stereocenters. The van der Waals surface area contributed by atoms with Gasteiger partial charge in [-0.3, -0.25) is 4.57 Å². The average Bonchev–Trinajstić information content (AvgIpc) is 2.81. The number of hydrogen-bond donors (Lipinski definition) is 1. The summed E-state index contributed by atoms with van der Waals surface area (Å²) < 4.78 is 13.3. The molecule has 3 aromatic rings. The van der Waals surface area contributed by atoms with E-state index in [1.807, 2.05) is 47.0 Å². The van der Waals surface area contributed by atoms with Crippen LogP contribution in [0.25, 0.3) is 16.7 Å². The second-order valence-corrected chi connectivity index (χ2v) is 4.71. The van der Waals surface area contributed by atoms with Crippen molar-refractivity contribution < 1.29 is 9.47 Å². The van der Waals surface area contributed by atoms with Gasteiger partial charge in [-0.05, 0) is 24.4 Å². The fourth-order valence-corrected chi connectivity index (χ4v) is 2.58. The van der Waals surface area contributed by atoms with E-state index >= 15 is 0 Å². The zero-order chi connectivity index (χ0) is 14.1. The van der Waals surface area contributed by atoms with E-state index in [4.69, 9.17) is 21.7 Å². The molecule has 0 radical (unpaired) electrons. The van der Waals surface area contributed by atoms with Crippen molar-refractivity contribution in [1.82, 2.24) is 9.55 Å². The van der Waals surface area contributed by atoms with Gasteiger partial charge in [-0.25, -0.2) is 0 Å². The number of aromatic amines is 1. The lowest BCUT2D eigenvalue weighted by Gasteiger charge is -2.09. The fourth-order valence-electron chi connectivity index (χ4n) is 2.27. The summed E-state index contributed by atoms with van der Waals surface area (Å²) in [6, 6.07) is 13.8. The van der Waals surface area contributed by atoms with Crippen LogP contribution in [-0.2, 0) is 0 Å². The Morgan fingerprint density at radius 3 is 2.30 bits per heavy atom. The summed E-state index contributed by atoms with van der Waals surface area (Å²) in [7, 11) is 3.24. The molecule has 1 aromatic heterocycles. The molecule has 5 heteroatoms. The molecule has 4 nitrogen and oxygen atoms in total. The molecule has 0 atom stereocenters. The third-order valence-electron chi connectivity index (χ3n) is 3.20. The number of H-pyrrole nitrogens is 1. The predicted molar refractivity (Wildman–Crippen MR) is 81.6 cm³/mol. The molecular weight excluding hydrogens is 272 g/mol. The van der Waals surface area contributed by atoms with E-state index < -0.39 is 0 Å². The SMILES string of the molecule is COc1cc2[nH]c(=S)n(-c3ccccc3)c2cc1OC. The van der Waals surface area contributed by atoms with Crippen LogP contribution in [0.4, 0.5) is 0 Å². The first-order chi connectivity index (χ1) is 9.74. The maximum atomic E-state index is 5.42. The fraction of sp³-hybridized carbons (Fsp3) is 0.133. The Labute approximate surface area is 121 Å². The summed E-state index contributed by atoms with van der Waals surface area (Å²) in [5, 5.41) is 0. The Bertz CT molecular complexity index is 806. The van der Waals surface area contributed by atoms with Crippen molar-refractivity contribution in [3.05, 3.63) is 47.2 Å². The Kier molecular flexibility index (Phi) is 3.20. The van der Waals surface area contributed by atoms with Gasteiger partial charge in [0, 0.05) is 17.8 Å². The third-order valence-corrected chi connectivity index (χ3v) is 3.49. The molecule has 1 heterocycles. The summed E-state index contributed by atoms with van der Waals surface area (Å²) in [4.78, 5) is 3.19. The van der Waals surface area contributed by atoms with E-state index in [0.29, 0.717) is 16.3 Å². The molecule has 0 aliphatic heterocycles. The average molecular weight is 286 g/mol. The van der Waals surface area contributed by atoms with Crippen molar-refractivity contribution in [2.24, 2.45) is 0 Å². The van der Waals surface area contributed by atoms with E-state index in [0.717, 1.165) is 16.7 Å². The van der Waals surface area contributed by atoms with Gasteiger partial charge in [0.15, 0.2) is 16.3 Å². The topological polar surface area (TPSA) is 39.2 Å². The zero-order valence-electron chi connectivity index (χ0n) is 11.2. The molecule has 1 N–H and O–H groups in total. The van der Waals surface area contributed by atoms with Crippen LogP contribution < -0.4 is 9.47 Å². The van der Waals surface area contributed by atoms with Crippen molar-refractivity contribution in [3.63, 3.8) is 0 Å². The monoisotopic (exact) mass is 286 g/mol. The van der Waals surface area contributed by atoms with E-state index in [2.05, 4.69) is 4.98 Å². The highest BCUT2D eigenvalue weighted by atomic mass is 32.1. The lowest BCUT2D eigenvalue weighted by atomic mass is 10.2. The largest absolute Gasteiger partial charge is 0.493 e. The second kappa shape index (κ2) is 5.02. The summed E-state index contributed by atoms with van der Waals surface area (Å²) in [6.45, 7) is 0. The second-order valence-electron chi connectivity index (χ2n) is 4.33. The summed E-state index contributed by atoms with van der Waals surface area (Å²) in [5.74, 6) is 1.36. The molecule has 0 fully saturated rings. The number of nitrogens with one attached hydrogen (secondary N) is 1. The number of ether oxygens (including phenoxy) is 2. The number of para-hydroxylation sites is 1. The molecule has 2 aromatic carbocycles. The molecule has 20 heavy (non-hydrogen) atoms. The zero-order valence-corrected chi connectivity index (χ0v) is 12.0. The minimum Gasteiger partial charge on any atom is -0.493 e. The van der Waals surface area contributed by atoms with Gasteiger partial charge < -0.3 is 14.5 Å². The minimum absolute atomic E-state index is 0.640. The van der Waals surface area contributed by atoms with Gasteiger partial charge in [0.1, 0.15) is 0 Å². The van der Waals surface area contributed by atoms with Crippen molar-refractivity contribution in [2.45, 2.75) is 0 Å². The first-order valence-electron chi connectivity index (χ1n) is 6.17. The van der Waals surface area contributed by atoms with E-state index in [1.165, 1.54) is 0 Å². The summed E-state index contributed by atoms with van der Waals surface area (Å²) >= 11 is 5.42. The Morgan fingerprint density at radius 2 is 1.65 bits per heavy atom. The maximum Gasteiger partial charge on any atom is 0.182 e. The van der Waals surface area contributed by atoms with Gasteiger partial charge in [-0.15, -0.1) is 0 Å². The van der Waals surface area contributed by atoms with Crippen LogP contribution in [0.5, 0.6) is 11.5 Å². The van der Waals surface area contributed by atoms with Crippen LogP contribution >= 0.6 is 12.2 Å². The van der Waals surface area contributed by atoms with Crippen LogP contribution in [0, 0.1) is 4.77 Å². The van der Waals surface area contributed by atoms with Crippen LogP contribution in [-0.4, -0.2) is 23.8 Å². The number of imidazole rings is 1. The molecule has 0 saturated heterocycles. The first kappa shape index (κ1) is 12.7. The number of benzene rings is 2. The maximum absolute atomic E-state index is 5.42. The van der Waals surface area contributed by atoms with Gasteiger partial charge in [-0.2, -0.15) is 0 Å². The highest BCUT2D eigenvalue weighted by molar-refractivity contribution is 7.71. The molecule has 0 saturated carbocycles. The molecule has 0 spiro atoms.